The maximum atomic E-state index is 12.3. The van der Waals surface area contributed by atoms with Gasteiger partial charge in [0.15, 0.2) is 0 Å². The molecular formula is C21H35N3O3. The monoisotopic (exact) mass is 377 g/mol. The van der Waals surface area contributed by atoms with Crippen molar-refractivity contribution in [1.29, 1.82) is 0 Å². The molecule has 0 aromatic rings. The number of ether oxygens (including phenoxy) is 1. The lowest BCUT2D eigenvalue weighted by atomic mass is 9.78. The third kappa shape index (κ3) is 3.57. The van der Waals surface area contributed by atoms with Crippen LogP contribution in [0.5, 0.6) is 0 Å². The fourth-order valence-electron chi connectivity index (χ4n) is 6.08. The van der Waals surface area contributed by atoms with E-state index < -0.39 is 0 Å². The zero-order valence-electron chi connectivity index (χ0n) is 17.0. The first kappa shape index (κ1) is 19.0. The van der Waals surface area contributed by atoms with E-state index >= 15 is 0 Å². The van der Waals surface area contributed by atoms with Gasteiger partial charge in [-0.25, -0.2) is 4.79 Å². The molecule has 0 radical (unpaired) electrons. The number of rotatable bonds is 4. The van der Waals surface area contributed by atoms with E-state index in [4.69, 9.17) is 4.74 Å². The average Bonchev–Trinajstić information content (AvgIpc) is 3.25. The molecule has 2 atom stereocenters. The standard InChI is InChI=1S/C21H35N3O3/c1-3-16-5-6-19(25)24(16)17-8-11-22(12-9-17)18-7-10-21(13-18)14-23(15-21)20(26)27-4-2/h16-18H,3-15H2,1-2H3/t16-,18?/m1/s1. The molecule has 1 unspecified atom stereocenters. The molecule has 0 bridgehead atoms. The van der Waals surface area contributed by atoms with Crippen LogP contribution in [-0.4, -0.2) is 77.6 Å². The molecule has 6 nitrogen and oxygen atoms in total. The minimum absolute atomic E-state index is 0.145. The minimum Gasteiger partial charge on any atom is -0.450 e. The Kier molecular flexibility index (Phi) is 5.36. The van der Waals surface area contributed by atoms with Gasteiger partial charge in [-0.2, -0.15) is 0 Å². The topological polar surface area (TPSA) is 53.1 Å². The third-order valence-electron chi connectivity index (χ3n) is 7.51. The van der Waals surface area contributed by atoms with E-state index in [0.29, 0.717) is 36.1 Å². The average molecular weight is 378 g/mol. The second-order valence-electron chi connectivity index (χ2n) is 9.12. The molecule has 152 valence electrons. The number of carbonyl (C=O) groups excluding carboxylic acids is 2. The number of amides is 2. The number of carbonyl (C=O) groups is 2. The number of piperidine rings is 1. The van der Waals surface area contributed by atoms with Crippen molar-refractivity contribution in [3.63, 3.8) is 0 Å². The summed E-state index contributed by atoms with van der Waals surface area (Å²) in [6, 6.07) is 1.60. The summed E-state index contributed by atoms with van der Waals surface area (Å²) in [6.07, 6.45) is 8.70. The normalized spacial score (nSPS) is 31.6. The van der Waals surface area contributed by atoms with Gasteiger partial charge in [0.2, 0.25) is 5.91 Å². The van der Waals surface area contributed by atoms with Gasteiger partial charge in [-0.15, -0.1) is 0 Å². The highest BCUT2D eigenvalue weighted by Crippen LogP contribution is 2.47. The number of hydrogen-bond donors (Lipinski definition) is 0. The van der Waals surface area contributed by atoms with Crippen LogP contribution in [0.4, 0.5) is 4.79 Å². The predicted molar refractivity (Wildman–Crippen MR) is 103 cm³/mol. The summed E-state index contributed by atoms with van der Waals surface area (Å²) in [4.78, 5) is 30.9. The lowest BCUT2D eigenvalue weighted by Crippen LogP contribution is -2.58. The van der Waals surface area contributed by atoms with Crippen LogP contribution in [0.15, 0.2) is 0 Å². The molecule has 27 heavy (non-hydrogen) atoms. The van der Waals surface area contributed by atoms with Crippen molar-refractivity contribution in [2.75, 3.05) is 32.8 Å². The van der Waals surface area contributed by atoms with Crippen molar-refractivity contribution >= 4 is 12.0 Å². The first-order chi connectivity index (χ1) is 13.0. The van der Waals surface area contributed by atoms with Crippen LogP contribution < -0.4 is 0 Å². The second-order valence-corrected chi connectivity index (χ2v) is 9.12. The van der Waals surface area contributed by atoms with Crippen LogP contribution in [0.2, 0.25) is 0 Å². The highest BCUT2D eigenvalue weighted by atomic mass is 16.6. The lowest BCUT2D eigenvalue weighted by molar-refractivity contribution is -0.132. The minimum atomic E-state index is -0.145. The van der Waals surface area contributed by atoms with Gasteiger partial charge in [0.05, 0.1) is 6.61 Å². The Balaban J connectivity index is 1.25. The van der Waals surface area contributed by atoms with E-state index in [-0.39, 0.29) is 6.09 Å². The van der Waals surface area contributed by atoms with Gasteiger partial charge < -0.3 is 19.4 Å². The van der Waals surface area contributed by atoms with Crippen molar-refractivity contribution in [1.82, 2.24) is 14.7 Å². The first-order valence-corrected chi connectivity index (χ1v) is 11.0. The summed E-state index contributed by atoms with van der Waals surface area (Å²) in [5.41, 5.74) is 0.340. The van der Waals surface area contributed by atoms with Crippen LogP contribution in [0.3, 0.4) is 0 Å². The molecule has 3 aliphatic heterocycles. The van der Waals surface area contributed by atoms with Gasteiger partial charge in [0, 0.05) is 56.1 Å². The van der Waals surface area contributed by atoms with Gasteiger partial charge in [0.1, 0.15) is 0 Å². The largest absolute Gasteiger partial charge is 0.450 e. The van der Waals surface area contributed by atoms with Crippen molar-refractivity contribution in [2.45, 2.75) is 83.3 Å². The van der Waals surface area contributed by atoms with Gasteiger partial charge in [-0.05, 0) is 51.9 Å². The molecule has 4 fully saturated rings. The highest BCUT2D eigenvalue weighted by molar-refractivity contribution is 5.79. The molecule has 4 rings (SSSR count). The number of likely N-dealkylation sites (tertiary alicyclic amines) is 3. The SMILES string of the molecule is CCOC(=O)N1CC2(CCC(N3CCC(N4C(=O)CC[C@H]4CC)CC3)C2)C1. The lowest BCUT2D eigenvalue weighted by Gasteiger charge is -2.48. The Morgan fingerprint density at radius 1 is 1.11 bits per heavy atom. The zero-order chi connectivity index (χ0) is 19.0. The van der Waals surface area contributed by atoms with Crippen molar-refractivity contribution in [3.05, 3.63) is 0 Å². The summed E-state index contributed by atoms with van der Waals surface area (Å²) in [7, 11) is 0. The van der Waals surface area contributed by atoms with Crippen molar-refractivity contribution in [2.24, 2.45) is 5.41 Å². The number of nitrogens with zero attached hydrogens (tertiary/aromatic N) is 3. The Hall–Kier alpha value is -1.30. The summed E-state index contributed by atoms with van der Waals surface area (Å²) in [5, 5.41) is 0. The molecule has 1 spiro atoms. The summed E-state index contributed by atoms with van der Waals surface area (Å²) >= 11 is 0. The second kappa shape index (κ2) is 7.61. The smallest absolute Gasteiger partial charge is 0.409 e. The highest BCUT2D eigenvalue weighted by Gasteiger charge is 2.51. The molecule has 1 saturated carbocycles. The van der Waals surface area contributed by atoms with Crippen molar-refractivity contribution < 1.29 is 14.3 Å². The predicted octanol–water partition coefficient (Wildman–Crippen LogP) is 2.86. The third-order valence-corrected chi connectivity index (χ3v) is 7.51. The Morgan fingerprint density at radius 3 is 2.52 bits per heavy atom. The van der Waals surface area contributed by atoms with Gasteiger partial charge in [-0.1, -0.05) is 6.92 Å². The van der Waals surface area contributed by atoms with E-state index in [2.05, 4.69) is 16.7 Å². The van der Waals surface area contributed by atoms with Crippen LogP contribution in [-0.2, 0) is 9.53 Å². The Labute approximate surface area is 163 Å². The molecule has 6 heteroatoms. The van der Waals surface area contributed by atoms with E-state index in [9.17, 15) is 9.59 Å². The maximum Gasteiger partial charge on any atom is 0.409 e. The van der Waals surface area contributed by atoms with Crippen LogP contribution in [0, 0.1) is 5.41 Å². The van der Waals surface area contributed by atoms with E-state index in [1.165, 1.54) is 19.3 Å². The number of hydrogen-bond acceptors (Lipinski definition) is 4. The summed E-state index contributed by atoms with van der Waals surface area (Å²) in [5.74, 6) is 0.383. The van der Waals surface area contributed by atoms with E-state index in [1.54, 1.807) is 0 Å². The van der Waals surface area contributed by atoms with Crippen LogP contribution in [0.25, 0.3) is 0 Å². The molecule has 3 saturated heterocycles. The molecular weight excluding hydrogens is 342 g/mol. The van der Waals surface area contributed by atoms with E-state index in [0.717, 1.165) is 58.3 Å². The quantitative estimate of drug-likeness (QED) is 0.756. The van der Waals surface area contributed by atoms with Crippen LogP contribution in [0.1, 0.15) is 65.2 Å². The maximum absolute atomic E-state index is 12.3. The summed E-state index contributed by atoms with van der Waals surface area (Å²) < 4.78 is 5.12. The van der Waals surface area contributed by atoms with Gasteiger partial charge >= 0.3 is 6.09 Å². The van der Waals surface area contributed by atoms with Crippen molar-refractivity contribution in [3.8, 4) is 0 Å². The van der Waals surface area contributed by atoms with Gasteiger partial charge in [0.25, 0.3) is 0 Å². The van der Waals surface area contributed by atoms with Crippen LogP contribution >= 0.6 is 0 Å². The molecule has 1 aliphatic carbocycles. The van der Waals surface area contributed by atoms with E-state index in [1.807, 2.05) is 11.8 Å². The Morgan fingerprint density at radius 2 is 1.85 bits per heavy atom. The molecule has 2 amide bonds. The molecule has 4 aliphatic rings. The fraction of sp³-hybridized carbons (Fsp3) is 0.905. The molecule has 0 N–H and O–H groups in total. The Bertz CT molecular complexity index is 567. The molecule has 3 heterocycles. The first-order valence-electron chi connectivity index (χ1n) is 11.0. The molecule has 0 aromatic carbocycles. The molecule has 0 aromatic heterocycles. The summed E-state index contributed by atoms with van der Waals surface area (Å²) in [6.45, 7) is 8.51. The van der Waals surface area contributed by atoms with Gasteiger partial charge in [-0.3, -0.25) is 4.79 Å². The zero-order valence-corrected chi connectivity index (χ0v) is 17.0. The fourth-order valence-corrected chi connectivity index (χ4v) is 6.08.